The summed E-state index contributed by atoms with van der Waals surface area (Å²) in [6.45, 7) is 5.30. The van der Waals surface area contributed by atoms with Gasteiger partial charge in [-0.05, 0) is 31.5 Å². The van der Waals surface area contributed by atoms with Crippen LogP contribution < -0.4 is 5.32 Å². The van der Waals surface area contributed by atoms with Crippen LogP contribution in [0.25, 0.3) is 0 Å². The molecule has 0 saturated carbocycles. The molecule has 3 nitrogen and oxygen atoms in total. The molecule has 1 unspecified atom stereocenters. The van der Waals surface area contributed by atoms with E-state index in [1.165, 1.54) is 11.1 Å². The van der Waals surface area contributed by atoms with Crippen LogP contribution in [0.5, 0.6) is 0 Å². The summed E-state index contributed by atoms with van der Waals surface area (Å²) in [5, 5.41) is 8.09. The van der Waals surface area contributed by atoms with Crippen molar-refractivity contribution in [2.45, 2.75) is 26.3 Å². The fourth-order valence-electron chi connectivity index (χ4n) is 2.12. The molecule has 1 aromatic heterocycles. The predicted octanol–water partition coefficient (Wildman–Crippen LogP) is 2.82. The van der Waals surface area contributed by atoms with Crippen LogP contribution in [0.2, 0.25) is 0 Å². The molecule has 0 bridgehead atoms. The van der Waals surface area contributed by atoms with Crippen LogP contribution in [0.3, 0.4) is 0 Å². The smallest absolute Gasteiger partial charge is 0.0839 e. The van der Waals surface area contributed by atoms with Gasteiger partial charge in [0.1, 0.15) is 0 Å². The molecule has 3 heteroatoms. The molecule has 0 aliphatic heterocycles. The van der Waals surface area contributed by atoms with Crippen molar-refractivity contribution in [3.8, 4) is 0 Å². The van der Waals surface area contributed by atoms with E-state index < -0.39 is 0 Å². The third-order valence-electron chi connectivity index (χ3n) is 3.00. The lowest BCUT2D eigenvalue weighted by atomic mass is 10.0. The number of nitrogens with zero attached hydrogens (tertiary/aromatic N) is 2. The van der Waals surface area contributed by atoms with Crippen molar-refractivity contribution in [2.75, 3.05) is 6.54 Å². The summed E-state index contributed by atoms with van der Waals surface area (Å²) >= 11 is 0. The number of benzene rings is 1. The maximum absolute atomic E-state index is 4.52. The lowest BCUT2D eigenvalue weighted by molar-refractivity contribution is 0.575. The molecule has 0 spiro atoms. The summed E-state index contributed by atoms with van der Waals surface area (Å²) in [4.78, 5) is 0. The quantitative estimate of drug-likeness (QED) is 0.875. The van der Waals surface area contributed by atoms with Crippen LogP contribution in [0.15, 0.2) is 36.5 Å². The summed E-state index contributed by atoms with van der Waals surface area (Å²) in [5.74, 6) is 0. The van der Waals surface area contributed by atoms with Gasteiger partial charge in [-0.1, -0.05) is 36.8 Å². The van der Waals surface area contributed by atoms with E-state index >= 15 is 0 Å². The SMILES string of the molecule is CCCNC(c1cccc(C)c1)c1ccn(C)n1. The third-order valence-corrected chi connectivity index (χ3v) is 3.00. The largest absolute Gasteiger partial charge is 0.305 e. The second-order valence-electron chi connectivity index (χ2n) is 4.72. The molecule has 96 valence electrons. The first-order chi connectivity index (χ1) is 8.70. The Balaban J connectivity index is 2.30. The molecule has 0 radical (unpaired) electrons. The van der Waals surface area contributed by atoms with E-state index in [0.29, 0.717) is 0 Å². The minimum Gasteiger partial charge on any atom is -0.305 e. The van der Waals surface area contributed by atoms with Crippen LogP contribution >= 0.6 is 0 Å². The van der Waals surface area contributed by atoms with Gasteiger partial charge >= 0.3 is 0 Å². The fraction of sp³-hybridized carbons (Fsp3) is 0.400. The number of rotatable bonds is 5. The second-order valence-corrected chi connectivity index (χ2v) is 4.72. The summed E-state index contributed by atoms with van der Waals surface area (Å²) in [5.41, 5.74) is 3.64. The average molecular weight is 243 g/mol. The van der Waals surface area contributed by atoms with Gasteiger partial charge in [0.15, 0.2) is 0 Å². The highest BCUT2D eigenvalue weighted by atomic mass is 15.3. The first kappa shape index (κ1) is 12.8. The number of aromatic nitrogens is 2. The van der Waals surface area contributed by atoms with E-state index in [4.69, 9.17) is 0 Å². The molecular weight excluding hydrogens is 222 g/mol. The lowest BCUT2D eigenvalue weighted by Crippen LogP contribution is -2.23. The lowest BCUT2D eigenvalue weighted by Gasteiger charge is -2.17. The van der Waals surface area contributed by atoms with Gasteiger partial charge in [-0.25, -0.2) is 0 Å². The molecule has 0 fully saturated rings. The first-order valence-corrected chi connectivity index (χ1v) is 6.50. The van der Waals surface area contributed by atoms with Crippen molar-refractivity contribution in [1.82, 2.24) is 15.1 Å². The predicted molar refractivity (Wildman–Crippen MR) is 74.5 cm³/mol. The fourth-order valence-corrected chi connectivity index (χ4v) is 2.12. The minimum absolute atomic E-state index is 0.186. The highest BCUT2D eigenvalue weighted by Crippen LogP contribution is 2.21. The van der Waals surface area contributed by atoms with Crippen LogP contribution in [-0.2, 0) is 7.05 Å². The summed E-state index contributed by atoms with van der Waals surface area (Å²) < 4.78 is 1.85. The van der Waals surface area contributed by atoms with E-state index in [2.05, 4.69) is 54.6 Å². The summed E-state index contributed by atoms with van der Waals surface area (Å²) in [6, 6.07) is 10.9. The van der Waals surface area contributed by atoms with Gasteiger partial charge in [0.05, 0.1) is 11.7 Å². The van der Waals surface area contributed by atoms with Crippen LogP contribution in [-0.4, -0.2) is 16.3 Å². The minimum atomic E-state index is 0.186. The van der Waals surface area contributed by atoms with Crippen molar-refractivity contribution in [1.29, 1.82) is 0 Å². The molecule has 0 aliphatic carbocycles. The molecule has 2 aromatic rings. The molecule has 2 rings (SSSR count). The number of aryl methyl sites for hydroxylation is 2. The monoisotopic (exact) mass is 243 g/mol. The van der Waals surface area contributed by atoms with E-state index in [9.17, 15) is 0 Å². The van der Waals surface area contributed by atoms with Crippen LogP contribution in [0, 0.1) is 6.92 Å². The maximum atomic E-state index is 4.52. The Kier molecular flexibility index (Phi) is 4.15. The van der Waals surface area contributed by atoms with Crippen molar-refractivity contribution in [2.24, 2.45) is 7.05 Å². The Bertz CT molecular complexity index is 502. The molecule has 1 heterocycles. The summed E-state index contributed by atoms with van der Waals surface area (Å²) in [6.07, 6.45) is 3.11. The van der Waals surface area contributed by atoms with E-state index in [1.54, 1.807) is 0 Å². The maximum Gasteiger partial charge on any atom is 0.0839 e. The Morgan fingerprint density at radius 2 is 2.17 bits per heavy atom. The third kappa shape index (κ3) is 2.99. The summed E-state index contributed by atoms with van der Waals surface area (Å²) in [7, 11) is 1.95. The van der Waals surface area contributed by atoms with Crippen LogP contribution in [0.1, 0.15) is 36.2 Å². The number of nitrogens with one attached hydrogen (secondary N) is 1. The highest BCUT2D eigenvalue weighted by Gasteiger charge is 2.15. The van der Waals surface area contributed by atoms with E-state index in [-0.39, 0.29) is 6.04 Å². The standard InChI is InChI=1S/C15H21N3/c1-4-9-16-15(14-8-10-18(3)17-14)13-7-5-6-12(2)11-13/h5-8,10-11,15-16H,4,9H2,1-3H3. The molecular formula is C15H21N3. The number of hydrogen-bond acceptors (Lipinski definition) is 2. The molecule has 1 atom stereocenters. The number of hydrogen-bond donors (Lipinski definition) is 1. The average Bonchev–Trinajstić information content (AvgIpc) is 2.76. The zero-order chi connectivity index (χ0) is 13.0. The topological polar surface area (TPSA) is 29.9 Å². The van der Waals surface area contributed by atoms with Gasteiger partial charge < -0.3 is 5.32 Å². The van der Waals surface area contributed by atoms with Gasteiger partial charge in [-0.3, -0.25) is 4.68 Å². The molecule has 0 amide bonds. The van der Waals surface area contributed by atoms with Gasteiger partial charge in [0.25, 0.3) is 0 Å². The van der Waals surface area contributed by atoms with Crippen molar-refractivity contribution >= 4 is 0 Å². The Morgan fingerprint density at radius 1 is 1.33 bits per heavy atom. The van der Waals surface area contributed by atoms with Crippen LogP contribution in [0.4, 0.5) is 0 Å². The van der Waals surface area contributed by atoms with E-state index in [0.717, 1.165) is 18.7 Å². The Hall–Kier alpha value is -1.61. The molecule has 0 aliphatic rings. The second kappa shape index (κ2) is 5.83. The van der Waals surface area contributed by atoms with Gasteiger partial charge in [0.2, 0.25) is 0 Å². The molecule has 1 N–H and O–H groups in total. The van der Waals surface area contributed by atoms with Gasteiger partial charge in [0, 0.05) is 13.2 Å². The Morgan fingerprint density at radius 3 is 2.78 bits per heavy atom. The molecule has 1 aromatic carbocycles. The van der Waals surface area contributed by atoms with Crippen molar-refractivity contribution in [3.05, 3.63) is 53.3 Å². The zero-order valence-corrected chi connectivity index (χ0v) is 11.4. The van der Waals surface area contributed by atoms with Gasteiger partial charge in [-0.2, -0.15) is 5.10 Å². The van der Waals surface area contributed by atoms with E-state index in [1.807, 2.05) is 17.9 Å². The van der Waals surface area contributed by atoms with Crippen molar-refractivity contribution < 1.29 is 0 Å². The normalized spacial score (nSPS) is 12.6. The first-order valence-electron chi connectivity index (χ1n) is 6.50. The Labute approximate surface area is 109 Å². The van der Waals surface area contributed by atoms with Crippen molar-refractivity contribution in [3.63, 3.8) is 0 Å². The zero-order valence-electron chi connectivity index (χ0n) is 11.4. The molecule has 18 heavy (non-hydrogen) atoms. The highest BCUT2D eigenvalue weighted by molar-refractivity contribution is 5.30. The van der Waals surface area contributed by atoms with Gasteiger partial charge in [-0.15, -0.1) is 0 Å². The molecule has 0 saturated heterocycles.